The minimum Gasteiger partial charge on any atom is -0.478 e. The van der Waals surface area contributed by atoms with Crippen LogP contribution in [0.5, 0.6) is 5.75 Å². The van der Waals surface area contributed by atoms with Crippen molar-refractivity contribution in [3.05, 3.63) is 64.2 Å². The van der Waals surface area contributed by atoms with Gasteiger partial charge in [0.25, 0.3) is 0 Å². The number of carbonyl (C=O) groups is 1. The molecule has 1 atom stereocenters. The van der Waals surface area contributed by atoms with Crippen LogP contribution in [-0.2, 0) is 11.2 Å². The van der Waals surface area contributed by atoms with Gasteiger partial charge < -0.3 is 9.84 Å². The maximum Gasteiger partial charge on any atom is 0.345 e. The van der Waals surface area contributed by atoms with Crippen LogP contribution in [0.15, 0.2) is 36.4 Å². The van der Waals surface area contributed by atoms with Crippen LogP contribution in [0.2, 0.25) is 0 Å². The molecule has 0 spiro atoms. The summed E-state index contributed by atoms with van der Waals surface area (Å²) < 4.78 is 5.74. The van der Waals surface area contributed by atoms with Crippen molar-refractivity contribution in [3.63, 3.8) is 0 Å². The molecule has 0 fully saturated rings. The molecule has 0 saturated carbocycles. The third-order valence-corrected chi connectivity index (χ3v) is 3.66. The lowest BCUT2D eigenvalue weighted by Gasteiger charge is -2.17. The summed E-state index contributed by atoms with van der Waals surface area (Å²) in [6, 6.07) is 11.8. The number of aryl methyl sites for hydroxylation is 4. The van der Waals surface area contributed by atoms with E-state index < -0.39 is 12.1 Å². The summed E-state index contributed by atoms with van der Waals surface area (Å²) >= 11 is 0. The molecule has 22 heavy (non-hydrogen) atoms. The molecule has 0 amide bonds. The maximum absolute atomic E-state index is 11.5. The van der Waals surface area contributed by atoms with Crippen LogP contribution in [0.25, 0.3) is 0 Å². The van der Waals surface area contributed by atoms with Gasteiger partial charge in [0.1, 0.15) is 5.75 Å². The Kier molecular flexibility index (Phi) is 4.86. The molecule has 116 valence electrons. The zero-order valence-corrected chi connectivity index (χ0v) is 13.5. The van der Waals surface area contributed by atoms with Crippen molar-refractivity contribution in [1.82, 2.24) is 0 Å². The highest BCUT2D eigenvalue weighted by Gasteiger charge is 2.21. The van der Waals surface area contributed by atoms with Gasteiger partial charge in [-0.3, -0.25) is 0 Å². The van der Waals surface area contributed by atoms with Crippen LogP contribution in [-0.4, -0.2) is 17.2 Å². The number of carboxylic acids is 1. The highest BCUT2D eigenvalue weighted by Crippen LogP contribution is 2.20. The molecule has 3 nitrogen and oxygen atoms in total. The molecular formula is C19H22O3. The summed E-state index contributed by atoms with van der Waals surface area (Å²) in [5.74, 6) is -0.338. The zero-order valence-electron chi connectivity index (χ0n) is 13.5. The first-order valence-electron chi connectivity index (χ1n) is 7.39. The second-order valence-corrected chi connectivity index (χ2v) is 5.90. The van der Waals surface area contributed by atoms with Crippen molar-refractivity contribution in [2.75, 3.05) is 0 Å². The van der Waals surface area contributed by atoms with Crippen LogP contribution >= 0.6 is 0 Å². The minimum atomic E-state index is -0.944. The van der Waals surface area contributed by atoms with Crippen molar-refractivity contribution in [2.45, 2.75) is 40.2 Å². The third kappa shape index (κ3) is 4.10. The highest BCUT2D eigenvalue weighted by molar-refractivity contribution is 5.73. The second kappa shape index (κ2) is 6.65. The van der Waals surface area contributed by atoms with Gasteiger partial charge in [0.15, 0.2) is 6.10 Å². The Bertz CT molecular complexity index is 669. The van der Waals surface area contributed by atoms with Crippen molar-refractivity contribution < 1.29 is 14.6 Å². The van der Waals surface area contributed by atoms with Crippen molar-refractivity contribution in [2.24, 2.45) is 0 Å². The molecule has 0 aromatic heterocycles. The summed E-state index contributed by atoms with van der Waals surface area (Å²) in [5, 5.41) is 9.47. The van der Waals surface area contributed by atoms with Crippen LogP contribution in [0.1, 0.15) is 27.8 Å². The number of rotatable bonds is 5. The van der Waals surface area contributed by atoms with E-state index in [1.54, 1.807) is 0 Å². The number of hydrogen-bond donors (Lipinski definition) is 1. The van der Waals surface area contributed by atoms with Gasteiger partial charge in [-0.05, 0) is 62.1 Å². The molecule has 2 aromatic carbocycles. The van der Waals surface area contributed by atoms with Gasteiger partial charge in [-0.2, -0.15) is 0 Å². The summed E-state index contributed by atoms with van der Waals surface area (Å²) in [5.41, 5.74) is 5.34. The molecule has 1 N–H and O–H groups in total. The zero-order chi connectivity index (χ0) is 16.3. The van der Waals surface area contributed by atoms with Crippen LogP contribution in [0.4, 0.5) is 0 Å². The normalized spacial score (nSPS) is 12.0. The van der Waals surface area contributed by atoms with Gasteiger partial charge in [0.2, 0.25) is 0 Å². The number of hydrogen-bond acceptors (Lipinski definition) is 2. The molecule has 2 rings (SSSR count). The Hall–Kier alpha value is -2.29. The van der Waals surface area contributed by atoms with E-state index in [1.807, 2.05) is 64.1 Å². The lowest BCUT2D eigenvalue weighted by atomic mass is 10.00. The smallest absolute Gasteiger partial charge is 0.345 e. The Morgan fingerprint density at radius 2 is 1.64 bits per heavy atom. The molecule has 0 aliphatic carbocycles. The third-order valence-electron chi connectivity index (χ3n) is 3.66. The van der Waals surface area contributed by atoms with Crippen molar-refractivity contribution in [3.8, 4) is 5.75 Å². The lowest BCUT2D eigenvalue weighted by molar-refractivity contribution is -0.145. The van der Waals surface area contributed by atoms with E-state index in [2.05, 4.69) is 0 Å². The number of benzene rings is 2. The predicted octanol–water partition coefficient (Wildman–Crippen LogP) is 3.99. The van der Waals surface area contributed by atoms with E-state index in [-0.39, 0.29) is 0 Å². The second-order valence-electron chi connectivity index (χ2n) is 5.90. The molecule has 0 aliphatic rings. The SMILES string of the molecule is Cc1cc(C)cc(O[C@H](Cc2cc(C)ccc2C)C(=O)O)c1. The predicted molar refractivity (Wildman–Crippen MR) is 87.6 cm³/mol. The summed E-state index contributed by atoms with van der Waals surface area (Å²) in [7, 11) is 0. The van der Waals surface area contributed by atoms with Crippen molar-refractivity contribution in [1.29, 1.82) is 0 Å². The molecule has 0 heterocycles. The molecule has 0 bridgehead atoms. The summed E-state index contributed by atoms with van der Waals surface area (Å²) in [6.45, 7) is 7.94. The van der Waals surface area contributed by atoms with E-state index in [0.29, 0.717) is 12.2 Å². The fourth-order valence-electron chi connectivity index (χ4n) is 2.56. The van der Waals surface area contributed by atoms with E-state index in [0.717, 1.165) is 27.8 Å². The van der Waals surface area contributed by atoms with E-state index in [1.165, 1.54) is 0 Å². The van der Waals surface area contributed by atoms with Crippen LogP contribution in [0, 0.1) is 27.7 Å². The van der Waals surface area contributed by atoms with E-state index in [4.69, 9.17) is 4.74 Å². The Morgan fingerprint density at radius 3 is 2.23 bits per heavy atom. The number of carboxylic acid groups (broad SMARTS) is 1. The Labute approximate surface area is 131 Å². The van der Waals surface area contributed by atoms with Crippen LogP contribution < -0.4 is 4.74 Å². The van der Waals surface area contributed by atoms with Gasteiger partial charge in [-0.1, -0.05) is 29.8 Å². The molecule has 3 heteroatoms. The molecular weight excluding hydrogens is 276 g/mol. The van der Waals surface area contributed by atoms with Gasteiger partial charge >= 0.3 is 5.97 Å². The monoisotopic (exact) mass is 298 g/mol. The average molecular weight is 298 g/mol. The topological polar surface area (TPSA) is 46.5 Å². The van der Waals surface area contributed by atoms with Gasteiger partial charge in [0, 0.05) is 6.42 Å². The summed E-state index contributed by atoms with van der Waals surface area (Å²) in [4.78, 5) is 11.5. The standard InChI is InChI=1S/C19H22O3/c1-12-5-6-15(4)16(8-12)11-18(19(20)21)22-17-9-13(2)7-14(3)10-17/h5-10,18H,11H2,1-4H3,(H,20,21)/t18-/m1/s1. The molecule has 0 saturated heterocycles. The fourth-order valence-corrected chi connectivity index (χ4v) is 2.56. The average Bonchev–Trinajstić information content (AvgIpc) is 2.40. The first-order chi connectivity index (χ1) is 10.3. The molecule has 0 unspecified atom stereocenters. The van der Waals surface area contributed by atoms with E-state index >= 15 is 0 Å². The molecule has 0 aliphatic heterocycles. The number of ether oxygens (including phenoxy) is 1. The fraction of sp³-hybridized carbons (Fsp3) is 0.316. The quantitative estimate of drug-likeness (QED) is 0.907. The molecule has 0 radical (unpaired) electrons. The largest absolute Gasteiger partial charge is 0.478 e. The Balaban J connectivity index is 2.23. The van der Waals surface area contributed by atoms with Gasteiger partial charge in [-0.15, -0.1) is 0 Å². The summed E-state index contributed by atoms with van der Waals surface area (Å²) in [6.07, 6.45) is -0.530. The molecule has 2 aromatic rings. The minimum absolute atomic E-state index is 0.357. The highest BCUT2D eigenvalue weighted by atomic mass is 16.5. The van der Waals surface area contributed by atoms with E-state index in [9.17, 15) is 9.90 Å². The maximum atomic E-state index is 11.5. The first-order valence-corrected chi connectivity index (χ1v) is 7.39. The Morgan fingerprint density at radius 1 is 1.00 bits per heavy atom. The lowest BCUT2D eigenvalue weighted by Crippen LogP contribution is -2.29. The first kappa shape index (κ1) is 16.1. The van der Waals surface area contributed by atoms with Gasteiger partial charge in [0.05, 0.1) is 0 Å². The van der Waals surface area contributed by atoms with Crippen LogP contribution in [0.3, 0.4) is 0 Å². The van der Waals surface area contributed by atoms with Crippen molar-refractivity contribution >= 4 is 5.97 Å². The number of aliphatic carboxylic acids is 1. The van der Waals surface area contributed by atoms with Gasteiger partial charge in [-0.25, -0.2) is 4.79 Å².